The van der Waals surface area contributed by atoms with Gasteiger partial charge in [0, 0.05) is 88.2 Å². The maximum Gasteiger partial charge on any atom is 0.335 e. The van der Waals surface area contributed by atoms with E-state index in [9.17, 15) is 19.2 Å². The summed E-state index contributed by atoms with van der Waals surface area (Å²) in [4.78, 5) is 70.7. The van der Waals surface area contributed by atoms with Gasteiger partial charge < -0.3 is 28.5 Å². The Balaban J connectivity index is 0.00000940. The number of nitrogens with zero attached hydrogens (tertiary/aromatic N) is 3. The molecule has 5 heterocycles. The van der Waals surface area contributed by atoms with Gasteiger partial charge in [0.1, 0.15) is 17.2 Å². The van der Waals surface area contributed by atoms with Gasteiger partial charge in [0.15, 0.2) is 5.75 Å². The smallest absolute Gasteiger partial charge is 0.335 e. The summed E-state index contributed by atoms with van der Waals surface area (Å²) in [7, 11) is 0. The maximum absolute atomic E-state index is 14.2. The monoisotopic (exact) mass is 1180 g/mol. The number of carbonyl (C=O) groups is 4. The van der Waals surface area contributed by atoms with Crippen molar-refractivity contribution in [2.75, 3.05) is 0 Å². The molecule has 0 spiro atoms. The van der Waals surface area contributed by atoms with Crippen LogP contribution in [-0.2, 0) is 38.7 Å². The van der Waals surface area contributed by atoms with E-state index >= 15 is 0 Å². The summed E-state index contributed by atoms with van der Waals surface area (Å²) >= 11 is 0. The molecule has 85 heavy (non-hydrogen) atoms. The molecule has 0 saturated heterocycles. The summed E-state index contributed by atoms with van der Waals surface area (Å²) in [6.45, 7) is 16.3. The van der Waals surface area contributed by atoms with Crippen LogP contribution in [0.4, 0.5) is 0 Å². The molecule has 2 aliphatic rings. The first-order valence-electron chi connectivity index (χ1n) is 28.9. The molecule has 0 saturated carbocycles. The Morgan fingerprint density at radius 3 is 1.27 bits per heavy atom. The van der Waals surface area contributed by atoms with Crippen LogP contribution in [0.25, 0.3) is 85.4 Å². The molecule has 4 unspecified atom stereocenters. The standard InChI is InChI=1S/C72H70N4O8.Zn/c1-9-46(5)29-39-65(77)81-61-25-17-13-21-55(61)69-58-38-37-53(75-58)44-52-34-33-50(73-52)43-51-35-36-54(74-51)45-60-70(56-22-14-18-26-62(56)82-66(78)40-30-47(6)10-2)71(57-23-15-19-27-63(57)83-67(79)41-31-48(7)11-3)72(69)76(60)59-24-16-20-28-64(59)84-68(80)42-32-49(8)12-4;/h13-49,73H,9-12H2,1-8H3;. The number of hydrogen-bond donors (Lipinski definition) is 1. The number of aromatic amines is 1. The van der Waals surface area contributed by atoms with Crippen LogP contribution in [0.5, 0.6) is 23.0 Å². The topological polar surface area (TPSA) is 152 Å². The van der Waals surface area contributed by atoms with Crippen molar-refractivity contribution in [2.45, 2.75) is 81.1 Å². The normalized spacial score (nSPS) is 13.5. The third-order valence-corrected chi connectivity index (χ3v) is 14.9. The first-order chi connectivity index (χ1) is 40.7. The van der Waals surface area contributed by atoms with Gasteiger partial charge in [0.05, 0.1) is 39.5 Å². The third kappa shape index (κ3) is 15.2. The Labute approximate surface area is 510 Å². The first-order valence-corrected chi connectivity index (χ1v) is 28.9. The summed E-state index contributed by atoms with van der Waals surface area (Å²) in [5.41, 5.74) is 7.87. The van der Waals surface area contributed by atoms with Crippen LogP contribution < -0.4 is 18.9 Å². The van der Waals surface area contributed by atoms with Crippen molar-refractivity contribution in [3.05, 3.63) is 199 Å². The van der Waals surface area contributed by atoms with E-state index in [2.05, 4.69) is 4.98 Å². The van der Waals surface area contributed by atoms with Gasteiger partial charge in [-0.15, -0.1) is 0 Å². The largest absolute Gasteiger partial charge is 0.423 e. The van der Waals surface area contributed by atoms with Gasteiger partial charge in [-0.1, -0.05) is 172 Å². The predicted molar refractivity (Wildman–Crippen MR) is 337 cm³/mol. The molecular weight excluding hydrogens is 1110 g/mol. The van der Waals surface area contributed by atoms with Gasteiger partial charge in [-0.25, -0.2) is 29.1 Å². The summed E-state index contributed by atoms with van der Waals surface area (Å²) in [6.07, 6.45) is 24.0. The number of ether oxygens (including phenoxy) is 4. The second-order valence-electron chi connectivity index (χ2n) is 21.2. The average Bonchev–Trinajstić information content (AvgIpc) is 3.33. The molecule has 4 aromatic carbocycles. The molecule has 4 atom stereocenters. The molecule has 7 aromatic rings. The maximum atomic E-state index is 14.2. The van der Waals surface area contributed by atoms with Crippen LogP contribution in [0.3, 0.4) is 0 Å². The Bertz CT molecular complexity index is 3990. The van der Waals surface area contributed by atoms with Crippen molar-refractivity contribution >= 4 is 70.2 Å². The van der Waals surface area contributed by atoms with Gasteiger partial charge in [-0.05, 0) is 109 Å². The Morgan fingerprint density at radius 2 is 0.812 bits per heavy atom. The fourth-order valence-electron chi connectivity index (χ4n) is 9.45. The van der Waals surface area contributed by atoms with Crippen LogP contribution >= 0.6 is 0 Å². The average molecular weight is 1180 g/mol. The van der Waals surface area contributed by atoms with E-state index in [0.29, 0.717) is 72.9 Å². The van der Waals surface area contributed by atoms with Gasteiger partial charge in [0.2, 0.25) is 0 Å². The van der Waals surface area contributed by atoms with Gasteiger partial charge in [-0.2, -0.15) is 0 Å². The second-order valence-corrected chi connectivity index (χ2v) is 21.2. The summed E-state index contributed by atoms with van der Waals surface area (Å²) in [6, 6.07) is 38.8. The van der Waals surface area contributed by atoms with E-state index in [4.69, 9.17) is 28.9 Å². The quantitative estimate of drug-likeness (QED) is 0.0338. The van der Waals surface area contributed by atoms with Gasteiger partial charge in [-0.3, -0.25) is 0 Å². The van der Waals surface area contributed by atoms with Crippen LogP contribution in [0, 0.1) is 23.7 Å². The van der Waals surface area contributed by atoms with E-state index in [1.807, 2.05) is 187 Å². The van der Waals surface area contributed by atoms with Crippen molar-refractivity contribution in [1.29, 1.82) is 0 Å². The molecule has 9 rings (SSSR count). The molecule has 0 fully saturated rings. The van der Waals surface area contributed by atoms with E-state index in [0.717, 1.165) is 36.7 Å². The minimum Gasteiger partial charge on any atom is -0.423 e. The molecule has 428 valence electrons. The fraction of sp³-hybridized carbons (Fsp3) is 0.222. The molecule has 3 aromatic heterocycles. The number of H-pyrrole nitrogens is 1. The van der Waals surface area contributed by atoms with Crippen LogP contribution in [0.2, 0.25) is 0 Å². The SMILES string of the molecule is CCC(C)C=CC(=O)Oc1ccccc1-c1c(-c2ccccc2OC(=O)C=CC(C)CC)c2c(-c3ccccc3OC(=O)C=CC(C)CC)c3nc(cc4ccc(cc5nc(cc1n2-c1ccccc1OC(=O)C=CC(C)CC)C=C5)[nH]4)C=C3.[Zn]. The van der Waals surface area contributed by atoms with Crippen molar-refractivity contribution < 1.29 is 57.6 Å². The second kappa shape index (κ2) is 29.0. The number of benzene rings is 4. The van der Waals surface area contributed by atoms with E-state index < -0.39 is 23.9 Å². The van der Waals surface area contributed by atoms with Crippen molar-refractivity contribution in [1.82, 2.24) is 19.5 Å². The third-order valence-electron chi connectivity index (χ3n) is 14.9. The number of hydrogen-bond acceptors (Lipinski definition) is 10. The molecule has 2 aliphatic heterocycles. The molecule has 1 N–H and O–H groups in total. The summed E-state index contributed by atoms with van der Waals surface area (Å²) in [5.74, 6) is -1.18. The fourth-order valence-corrected chi connectivity index (χ4v) is 9.45. The zero-order chi connectivity index (χ0) is 59.3. The Hall–Kier alpha value is -9.06. The Kier molecular flexibility index (Phi) is 21.1. The number of para-hydroxylation sites is 5. The number of esters is 4. The number of nitrogens with one attached hydrogen (secondary N) is 1. The molecule has 8 bridgehead atoms. The number of rotatable bonds is 20. The van der Waals surface area contributed by atoms with E-state index in [1.54, 1.807) is 48.5 Å². The van der Waals surface area contributed by atoms with Crippen LogP contribution in [0.15, 0.2) is 176 Å². The number of allylic oxidation sites excluding steroid dienone is 4. The van der Waals surface area contributed by atoms with Crippen LogP contribution in [-0.4, -0.2) is 43.4 Å². The molecule has 13 heteroatoms. The van der Waals surface area contributed by atoms with Gasteiger partial charge >= 0.3 is 23.9 Å². The molecule has 0 radical (unpaired) electrons. The van der Waals surface area contributed by atoms with Crippen molar-refractivity contribution in [2.24, 2.45) is 23.7 Å². The molecule has 0 aliphatic carbocycles. The first kappa shape index (κ1) is 62.0. The minimum atomic E-state index is -0.602. The van der Waals surface area contributed by atoms with Gasteiger partial charge in [0.25, 0.3) is 0 Å². The van der Waals surface area contributed by atoms with Crippen molar-refractivity contribution in [3.63, 3.8) is 0 Å². The summed E-state index contributed by atoms with van der Waals surface area (Å²) in [5, 5.41) is 0. The van der Waals surface area contributed by atoms with E-state index in [1.165, 1.54) is 24.3 Å². The van der Waals surface area contributed by atoms with E-state index in [-0.39, 0.29) is 66.1 Å². The molecule has 0 amide bonds. The number of fused-ring (bicyclic) bond motifs is 8. The van der Waals surface area contributed by atoms with Crippen molar-refractivity contribution in [3.8, 4) is 62.1 Å². The molecular formula is C72H70N4O8Zn. The number of carbonyl (C=O) groups excluding carboxylic acids is 4. The molecule has 12 nitrogen and oxygen atoms in total. The summed E-state index contributed by atoms with van der Waals surface area (Å²) < 4.78 is 27.7. The Morgan fingerprint density at radius 1 is 0.447 bits per heavy atom. The van der Waals surface area contributed by atoms with Crippen LogP contribution in [0.1, 0.15) is 104 Å². The minimum absolute atomic E-state index is 0. The zero-order valence-electron chi connectivity index (χ0n) is 49.5. The number of aromatic nitrogens is 4. The predicted octanol–water partition coefficient (Wildman–Crippen LogP) is 17.1. The zero-order valence-corrected chi connectivity index (χ0v) is 52.5.